The summed E-state index contributed by atoms with van der Waals surface area (Å²) >= 11 is 5.25. The van der Waals surface area contributed by atoms with E-state index in [-0.39, 0.29) is 6.04 Å². The molecular formula is C13H27NOSSi2. The van der Waals surface area contributed by atoms with Crippen LogP contribution in [0.5, 0.6) is 0 Å². The van der Waals surface area contributed by atoms with Crippen molar-refractivity contribution in [1.82, 2.24) is 4.23 Å². The van der Waals surface area contributed by atoms with E-state index in [4.69, 9.17) is 23.4 Å². The summed E-state index contributed by atoms with van der Waals surface area (Å²) in [5.74, 6) is 2.93. The van der Waals surface area contributed by atoms with Crippen molar-refractivity contribution < 1.29 is 4.74 Å². The average molecular weight is 302 g/mol. The Balaban J connectivity index is 5.09. The summed E-state index contributed by atoms with van der Waals surface area (Å²) in [6.45, 7) is 16.7. The third kappa shape index (κ3) is 5.66. The molecule has 1 atom stereocenters. The highest BCUT2D eigenvalue weighted by molar-refractivity contribution is 7.80. The topological polar surface area (TPSA) is 12.5 Å². The molecule has 0 spiro atoms. The molecule has 0 fully saturated rings. The van der Waals surface area contributed by atoms with Gasteiger partial charge in [-0.05, 0) is 19.1 Å². The summed E-state index contributed by atoms with van der Waals surface area (Å²) in [4.78, 5) is 0. The fourth-order valence-corrected chi connectivity index (χ4v) is 13.1. The van der Waals surface area contributed by atoms with Gasteiger partial charge >= 0.3 is 0 Å². The minimum atomic E-state index is -1.46. The molecule has 0 aromatic rings. The van der Waals surface area contributed by atoms with Gasteiger partial charge in [-0.1, -0.05) is 45.2 Å². The second-order valence-corrected chi connectivity index (χ2v) is 17.0. The average Bonchev–Trinajstić information content (AvgIpc) is 2.12. The van der Waals surface area contributed by atoms with E-state index in [1.807, 2.05) is 6.92 Å². The zero-order valence-corrected chi connectivity index (χ0v) is 15.6. The van der Waals surface area contributed by atoms with Crippen molar-refractivity contribution >= 4 is 33.7 Å². The van der Waals surface area contributed by atoms with Gasteiger partial charge in [-0.15, -0.1) is 6.42 Å². The second-order valence-electron chi connectivity index (χ2n) is 6.40. The van der Waals surface area contributed by atoms with Gasteiger partial charge in [-0.2, -0.15) is 0 Å². The summed E-state index contributed by atoms with van der Waals surface area (Å²) in [5.41, 5.74) is 0. The molecule has 0 aliphatic carbocycles. The van der Waals surface area contributed by atoms with Crippen molar-refractivity contribution in [2.75, 3.05) is 6.61 Å². The molecule has 0 bridgehead atoms. The maximum atomic E-state index is 5.75. The minimum Gasteiger partial charge on any atom is -0.487 e. The Morgan fingerprint density at radius 3 is 1.94 bits per heavy atom. The van der Waals surface area contributed by atoms with Crippen molar-refractivity contribution in [1.29, 1.82) is 0 Å². The monoisotopic (exact) mass is 301 g/mol. The highest BCUT2D eigenvalue weighted by Crippen LogP contribution is 2.24. The number of hydrogen-bond acceptors (Lipinski definition) is 3. The van der Waals surface area contributed by atoms with Crippen LogP contribution in [-0.2, 0) is 4.74 Å². The highest BCUT2D eigenvalue weighted by Gasteiger charge is 2.39. The van der Waals surface area contributed by atoms with E-state index in [0.29, 0.717) is 18.1 Å². The van der Waals surface area contributed by atoms with Crippen molar-refractivity contribution in [3.8, 4) is 12.3 Å². The zero-order valence-electron chi connectivity index (χ0n) is 12.8. The Morgan fingerprint density at radius 1 is 1.22 bits per heavy atom. The number of terminal acetylenes is 1. The molecule has 0 aromatic carbocycles. The molecule has 0 saturated heterocycles. The lowest BCUT2D eigenvalue weighted by Gasteiger charge is -2.47. The number of hydrogen-bond donors (Lipinski definition) is 0. The van der Waals surface area contributed by atoms with E-state index in [1.165, 1.54) is 0 Å². The van der Waals surface area contributed by atoms with Crippen molar-refractivity contribution in [3.05, 3.63) is 0 Å². The first-order valence-electron chi connectivity index (χ1n) is 6.45. The summed E-state index contributed by atoms with van der Waals surface area (Å²) in [6, 6.07) is 0.0855. The fourth-order valence-electron chi connectivity index (χ4n) is 2.54. The van der Waals surface area contributed by atoms with Crippen LogP contribution < -0.4 is 0 Å². The van der Waals surface area contributed by atoms with Gasteiger partial charge in [0.05, 0.1) is 12.6 Å². The number of ether oxygens (including phenoxy) is 1. The molecule has 0 aliphatic heterocycles. The Hall–Kier alpha value is -0.156. The van der Waals surface area contributed by atoms with Crippen LogP contribution in [0.2, 0.25) is 39.3 Å². The highest BCUT2D eigenvalue weighted by atomic mass is 32.1. The third-order valence-corrected chi connectivity index (χ3v) is 10.4. The Morgan fingerprint density at radius 2 is 1.67 bits per heavy atom. The zero-order chi connectivity index (χ0) is 14.6. The smallest absolute Gasteiger partial charge is 0.162 e. The molecule has 0 saturated carbocycles. The second kappa shape index (κ2) is 6.85. The van der Waals surface area contributed by atoms with Crippen molar-refractivity contribution in [2.24, 2.45) is 0 Å². The number of thiocarbonyl (C=S) groups is 1. The molecule has 5 heteroatoms. The quantitative estimate of drug-likeness (QED) is 0.421. The predicted octanol–water partition coefficient (Wildman–Crippen LogP) is 3.71. The normalized spacial score (nSPS) is 14.2. The standard InChI is InChI=1S/C13H27NOSSi2/c1-9-12(11-13(16)15-10-2)14(17(3,4)5)18(6,7)8/h1,12H,10-11H2,2-8H3. The van der Waals surface area contributed by atoms with E-state index < -0.39 is 16.5 Å². The van der Waals surface area contributed by atoms with Crippen LogP contribution in [0.3, 0.4) is 0 Å². The Kier molecular flexibility index (Phi) is 6.79. The predicted molar refractivity (Wildman–Crippen MR) is 90.0 cm³/mol. The molecule has 2 nitrogen and oxygen atoms in total. The maximum absolute atomic E-state index is 5.75. The largest absolute Gasteiger partial charge is 0.487 e. The van der Waals surface area contributed by atoms with Gasteiger partial charge in [0.2, 0.25) is 0 Å². The van der Waals surface area contributed by atoms with Gasteiger partial charge in [-0.25, -0.2) is 0 Å². The number of nitrogens with zero attached hydrogens (tertiary/aromatic N) is 1. The first kappa shape index (κ1) is 17.8. The van der Waals surface area contributed by atoms with Gasteiger partial charge in [0.1, 0.15) is 16.5 Å². The van der Waals surface area contributed by atoms with Gasteiger partial charge in [0.15, 0.2) is 5.05 Å². The third-order valence-electron chi connectivity index (χ3n) is 2.61. The lowest BCUT2D eigenvalue weighted by atomic mass is 10.2. The van der Waals surface area contributed by atoms with Crippen LogP contribution in [0.15, 0.2) is 0 Å². The van der Waals surface area contributed by atoms with Gasteiger partial charge in [0, 0.05) is 6.42 Å². The summed E-state index contributed by atoms with van der Waals surface area (Å²) in [5, 5.41) is 0.641. The van der Waals surface area contributed by atoms with E-state index in [1.54, 1.807) is 0 Å². The van der Waals surface area contributed by atoms with Crippen LogP contribution in [0.1, 0.15) is 13.3 Å². The van der Waals surface area contributed by atoms with Crippen LogP contribution >= 0.6 is 12.2 Å². The van der Waals surface area contributed by atoms with Crippen molar-refractivity contribution in [2.45, 2.75) is 58.7 Å². The van der Waals surface area contributed by atoms with Crippen LogP contribution in [0.25, 0.3) is 0 Å². The van der Waals surface area contributed by atoms with Gasteiger partial charge in [-0.3, -0.25) is 0 Å². The van der Waals surface area contributed by atoms with Crippen molar-refractivity contribution in [3.63, 3.8) is 0 Å². The summed E-state index contributed by atoms with van der Waals surface area (Å²) in [6.07, 6.45) is 6.42. The molecule has 0 N–H and O–H groups in total. The molecule has 0 aliphatic rings. The molecule has 0 rings (SSSR count). The summed E-state index contributed by atoms with van der Waals surface area (Å²) < 4.78 is 7.99. The first-order valence-corrected chi connectivity index (χ1v) is 13.8. The minimum absolute atomic E-state index is 0.0855. The van der Waals surface area contributed by atoms with Crippen LogP contribution in [0.4, 0.5) is 0 Å². The Labute approximate surface area is 120 Å². The first-order chi connectivity index (χ1) is 8.04. The lowest BCUT2D eigenvalue weighted by molar-refractivity contribution is 0.321. The van der Waals surface area contributed by atoms with E-state index in [0.717, 1.165) is 0 Å². The maximum Gasteiger partial charge on any atom is 0.162 e. The van der Waals surface area contributed by atoms with Gasteiger partial charge in [0.25, 0.3) is 0 Å². The van der Waals surface area contributed by atoms with Gasteiger partial charge < -0.3 is 8.97 Å². The summed E-state index contributed by atoms with van der Waals surface area (Å²) in [7, 11) is -2.92. The van der Waals surface area contributed by atoms with E-state index in [9.17, 15) is 0 Å². The van der Waals surface area contributed by atoms with Crippen LogP contribution in [-0.4, -0.2) is 38.4 Å². The van der Waals surface area contributed by atoms with E-state index in [2.05, 4.69) is 49.4 Å². The molecular weight excluding hydrogens is 274 g/mol. The Bertz CT molecular complexity index is 311. The SMILES string of the molecule is C#CC(CC(=S)OCC)N([Si](C)(C)C)[Si](C)(C)C. The lowest BCUT2D eigenvalue weighted by Crippen LogP contribution is -2.63. The molecule has 1 unspecified atom stereocenters. The molecule has 0 radical (unpaired) electrons. The molecule has 18 heavy (non-hydrogen) atoms. The molecule has 0 aromatic heterocycles. The number of rotatable bonds is 6. The van der Waals surface area contributed by atoms with E-state index >= 15 is 0 Å². The molecule has 0 amide bonds. The molecule has 0 heterocycles. The molecule has 104 valence electrons. The van der Waals surface area contributed by atoms with Crippen LogP contribution in [0, 0.1) is 12.3 Å². The fraction of sp³-hybridized carbons (Fsp3) is 0.769.